The second-order valence-electron chi connectivity index (χ2n) is 5.15. The Balaban J connectivity index is 1.98. The maximum atomic E-state index is 12.0. The van der Waals surface area contributed by atoms with Gasteiger partial charge in [-0.05, 0) is 25.3 Å². The monoisotopic (exact) mass is 276 g/mol. The van der Waals surface area contributed by atoms with Crippen LogP contribution in [0.5, 0.6) is 0 Å². The molecule has 1 fully saturated rings. The van der Waals surface area contributed by atoms with E-state index in [4.69, 9.17) is 10.5 Å². The van der Waals surface area contributed by atoms with E-state index >= 15 is 0 Å². The second kappa shape index (κ2) is 6.52. The summed E-state index contributed by atoms with van der Waals surface area (Å²) in [7, 11) is 0. The molecule has 1 aliphatic heterocycles. The zero-order valence-electron chi connectivity index (χ0n) is 11.6. The largest absolute Gasteiger partial charge is 0.368 e. The van der Waals surface area contributed by atoms with Crippen molar-refractivity contribution in [3.05, 3.63) is 35.4 Å². The van der Waals surface area contributed by atoms with Crippen molar-refractivity contribution >= 4 is 11.8 Å². The van der Waals surface area contributed by atoms with Crippen LogP contribution in [0, 0.1) is 6.92 Å². The fourth-order valence-electron chi connectivity index (χ4n) is 2.23. The molecule has 1 aliphatic rings. The molecule has 5 nitrogen and oxygen atoms in total. The van der Waals surface area contributed by atoms with Crippen LogP contribution in [-0.4, -0.2) is 30.6 Å². The zero-order valence-corrected chi connectivity index (χ0v) is 11.6. The number of carbonyl (C=O) groups excluding carboxylic acids is 2. The van der Waals surface area contributed by atoms with Gasteiger partial charge in [-0.2, -0.15) is 0 Å². The maximum Gasteiger partial charge on any atom is 0.249 e. The molecule has 3 N–H and O–H groups in total. The first-order valence-corrected chi connectivity index (χ1v) is 6.83. The van der Waals surface area contributed by atoms with Crippen molar-refractivity contribution in [3.63, 3.8) is 0 Å². The minimum Gasteiger partial charge on any atom is -0.368 e. The molecule has 0 spiro atoms. The van der Waals surface area contributed by atoms with E-state index < -0.39 is 18.1 Å². The number of benzene rings is 1. The molecule has 5 heteroatoms. The van der Waals surface area contributed by atoms with Gasteiger partial charge in [-0.15, -0.1) is 0 Å². The number of amides is 2. The van der Waals surface area contributed by atoms with Crippen LogP contribution in [0.15, 0.2) is 24.3 Å². The highest BCUT2D eigenvalue weighted by Crippen LogP contribution is 2.13. The van der Waals surface area contributed by atoms with Crippen LogP contribution in [0.25, 0.3) is 0 Å². The molecular weight excluding hydrogens is 256 g/mol. The summed E-state index contributed by atoms with van der Waals surface area (Å²) in [5.41, 5.74) is 7.48. The first-order chi connectivity index (χ1) is 9.56. The minimum atomic E-state index is -0.700. The Bertz CT molecular complexity index is 478. The average Bonchev–Trinajstić information content (AvgIpc) is 2.94. The van der Waals surface area contributed by atoms with Crippen LogP contribution in [0.2, 0.25) is 0 Å². The van der Waals surface area contributed by atoms with Gasteiger partial charge in [-0.1, -0.05) is 29.8 Å². The molecule has 0 aliphatic carbocycles. The van der Waals surface area contributed by atoms with E-state index in [0.717, 1.165) is 17.5 Å². The van der Waals surface area contributed by atoms with Crippen molar-refractivity contribution in [1.29, 1.82) is 0 Å². The normalized spacial score (nSPS) is 19.6. The fourth-order valence-corrected chi connectivity index (χ4v) is 2.23. The molecule has 0 saturated carbocycles. The summed E-state index contributed by atoms with van der Waals surface area (Å²) in [6.45, 7) is 2.59. The van der Waals surface area contributed by atoms with Crippen molar-refractivity contribution in [1.82, 2.24) is 5.32 Å². The van der Waals surface area contributed by atoms with E-state index in [1.54, 1.807) is 0 Å². The third-order valence-corrected chi connectivity index (χ3v) is 3.44. The van der Waals surface area contributed by atoms with Gasteiger partial charge in [0.2, 0.25) is 11.8 Å². The highest BCUT2D eigenvalue weighted by atomic mass is 16.5. The van der Waals surface area contributed by atoms with Crippen LogP contribution in [-0.2, 0) is 20.7 Å². The number of primary amides is 1. The lowest BCUT2D eigenvalue weighted by Crippen LogP contribution is -2.49. The number of rotatable bonds is 5. The lowest BCUT2D eigenvalue weighted by atomic mass is 10.0. The first-order valence-electron chi connectivity index (χ1n) is 6.83. The Morgan fingerprint density at radius 1 is 1.40 bits per heavy atom. The molecule has 0 radical (unpaired) electrons. The highest BCUT2D eigenvalue weighted by molar-refractivity contribution is 5.88. The number of nitrogens with one attached hydrogen (secondary N) is 1. The van der Waals surface area contributed by atoms with Crippen LogP contribution in [0.3, 0.4) is 0 Å². The van der Waals surface area contributed by atoms with Crippen molar-refractivity contribution in [2.45, 2.75) is 38.3 Å². The van der Waals surface area contributed by atoms with Gasteiger partial charge in [0.25, 0.3) is 0 Å². The fraction of sp³-hybridized carbons (Fsp3) is 0.467. The molecule has 0 aromatic heterocycles. The molecule has 0 unspecified atom stereocenters. The molecule has 1 aromatic rings. The summed E-state index contributed by atoms with van der Waals surface area (Å²) < 4.78 is 5.30. The lowest BCUT2D eigenvalue weighted by Gasteiger charge is -2.18. The summed E-state index contributed by atoms with van der Waals surface area (Å²) >= 11 is 0. The SMILES string of the molecule is Cc1ccc(C[C@H](NC(=O)[C@H]2CCCO2)C(N)=O)cc1. The number of hydrogen-bond acceptors (Lipinski definition) is 3. The Morgan fingerprint density at radius 2 is 2.10 bits per heavy atom. The topological polar surface area (TPSA) is 81.4 Å². The van der Waals surface area contributed by atoms with Crippen LogP contribution >= 0.6 is 0 Å². The maximum absolute atomic E-state index is 12.0. The first kappa shape index (κ1) is 14.5. The number of hydrogen-bond donors (Lipinski definition) is 2. The Kier molecular flexibility index (Phi) is 4.74. The number of carbonyl (C=O) groups is 2. The number of aryl methyl sites for hydroxylation is 1. The molecule has 0 bridgehead atoms. The molecule has 108 valence electrons. The predicted molar refractivity (Wildman–Crippen MR) is 75.0 cm³/mol. The third-order valence-electron chi connectivity index (χ3n) is 3.44. The third kappa shape index (κ3) is 3.81. The van der Waals surface area contributed by atoms with E-state index in [1.807, 2.05) is 31.2 Å². The molecule has 2 amide bonds. The Hall–Kier alpha value is -1.88. The van der Waals surface area contributed by atoms with E-state index in [-0.39, 0.29) is 5.91 Å². The molecule has 1 heterocycles. The smallest absolute Gasteiger partial charge is 0.249 e. The van der Waals surface area contributed by atoms with Gasteiger partial charge < -0.3 is 15.8 Å². The van der Waals surface area contributed by atoms with Gasteiger partial charge in [0.15, 0.2) is 0 Å². The molecule has 2 atom stereocenters. The standard InChI is InChI=1S/C15H20N2O3/c1-10-4-6-11(7-5-10)9-12(14(16)18)17-15(19)13-3-2-8-20-13/h4-7,12-13H,2-3,8-9H2,1H3,(H2,16,18)(H,17,19)/t12-,13+/m0/s1. The number of nitrogens with two attached hydrogens (primary N) is 1. The van der Waals surface area contributed by atoms with Gasteiger partial charge >= 0.3 is 0 Å². The van der Waals surface area contributed by atoms with Crippen molar-refractivity contribution in [3.8, 4) is 0 Å². The summed E-state index contributed by atoms with van der Waals surface area (Å²) in [5.74, 6) is -0.782. The summed E-state index contributed by atoms with van der Waals surface area (Å²) in [4.78, 5) is 23.4. The minimum absolute atomic E-state index is 0.251. The van der Waals surface area contributed by atoms with E-state index in [2.05, 4.69) is 5.32 Å². The molecule has 2 rings (SSSR count). The van der Waals surface area contributed by atoms with Gasteiger partial charge in [0.1, 0.15) is 12.1 Å². The van der Waals surface area contributed by atoms with Crippen molar-refractivity contribution < 1.29 is 14.3 Å². The highest BCUT2D eigenvalue weighted by Gasteiger charge is 2.27. The van der Waals surface area contributed by atoms with Crippen LogP contribution in [0.4, 0.5) is 0 Å². The van der Waals surface area contributed by atoms with Crippen molar-refractivity contribution in [2.24, 2.45) is 5.73 Å². The predicted octanol–water partition coefficient (Wildman–Crippen LogP) is 0.687. The van der Waals surface area contributed by atoms with Gasteiger partial charge in [-0.3, -0.25) is 9.59 Å². The Morgan fingerprint density at radius 3 is 2.65 bits per heavy atom. The van der Waals surface area contributed by atoms with Gasteiger partial charge in [0, 0.05) is 13.0 Å². The van der Waals surface area contributed by atoms with Crippen LogP contribution in [0.1, 0.15) is 24.0 Å². The molecular formula is C15H20N2O3. The van der Waals surface area contributed by atoms with E-state index in [9.17, 15) is 9.59 Å². The molecule has 1 saturated heterocycles. The van der Waals surface area contributed by atoms with Gasteiger partial charge in [0.05, 0.1) is 0 Å². The molecule has 1 aromatic carbocycles. The quantitative estimate of drug-likeness (QED) is 0.830. The summed E-state index contributed by atoms with van der Waals surface area (Å²) in [5, 5.41) is 2.68. The zero-order chi connectivity index (χ0) is 14.5. The Labute approximate surface area is 118 Å². The van der Waals surface area contributed by atoms with Gasteiger partial charge in [-0.25, -0.2) is 0 Å². The van der Waals surface area contributed by atoms with Crippen molar-refractivity contribution in [2.75, 3.05) is 6.61 Å². The van der Waals surface area contributed by atoms with E-state index in [0.29, 0.717) is 19.4 Å². The van der Waals surface area contributed by atoms with E-state index in [1.165, 1.54) is 0 Å². The van der Waals surface area contributed by atoms with Crippen LogP contribution < -0.4 is 11.1 Å². The summed E-state index contributed by atoms with van der Waals surface area (Å²) in [6.07, 6.45) is 1.52. The number of ether oxygens (including phenoxy) is 1. The summed E-state index contributed by atoms with van der Waals surface area (Å²) in [6, 6.07) is 7.10. The molecule has 20 heavy (non-hydrogen) atoms. The average molecular weight is 276 g/mol. The second-order valence-corrected chi connectivity index (χ2v) is 5.15. The lowest BCUT2D eigenvalue weighted by molar-refractivity contribution is -0.133.